The summed E-state index contributed by atoms with van der Waals surface area (Å²) in [5.41, 5.74) is 1.06. The van der Waals surface area contributed by atoms with Gasteiger partial charge in [0.15, 0.2) is 0 Å². The SMILES string of the molecule is COc1cccc(CNC(=O)CN2CC3CNCC3C2)c1. The Morgan fingerprint density at radius 3 is 2.86 bits per heavy atom. The van der Waals surface area contributed by atoms with Gasteiger partial charge >= 0.3 is 0 Å². The number of hydrogen-bond acceptors (Lipinski definition) is 4. The van der Waals surface area contributed by atoms with Gasteiger partial charge in [0.2, 0.25) is 5.91 Å². The van der Waals surface area contributed by atoms with Crippen molar-refractivity contribution in [2.75, 3.05) is 39.8 Å². The summed E-state index contributed by atoms with van der Waals surface area (Å²) in [6.45, 7) is 5.36. The molecule has 0 radical (unpaired) electrons. The number of benzene rings is 1. The van der Waals surface area contributed by atoms with Gasteiger partial charge in [0.05, 0.1) is 13.7 Å². The Morgan fingerprint density at radius 2 is 2.14 bits per heavy atom. The number of amides is 1. The highest BCUT2D eigenvalue weighted by Crippen LogP contribution is 2.25. The largest absolute Gasteiger partial charge is 0.497 e. The second kappa shape index (κ2) is 6.45. The number of ether oxygens (including phenoxy) is 1. The standard InChI is InChI=1S/C16H23N3O2/c1-21-15-4-2-3-12(5-15)6-18-16(20)11-19-9-13-7-17-8-14(13)10-19/h2-5,13-14,17H,6-11H2,1H3,(H,18,20). The van der Waals surface area contributed by atoms with Gasteiger partial charge in [0.25, 0.3) is 0 Å². The quantitative estimate of drug-likeness (QED) is 0.827. The van der Waals surface area contributed by atoms with Crippen molar-refractivity contribution >= 4 is 5.91 Å². The summed E-state index contributed by atoms with van der Waals surface area (Å²) >= 11 is 0. The molecule has 0 aromatic heterocycles. The molecule has 2 saturated heterocycles. The van der Waals surface area contributed by atoms with Gasteiger partial charge in [0.1, 0.15) is 5.75 Å². The Bertz CT molecular complexity index is 494. The Kier molecular flexibility index (Phi) is 4.41. The first kappa shape index (κ1) is 14.4. The third kappa shape index (κ3) is 3.54. The molecule has 0 spiro atoms. The molecule has 1 amide bonds. The van der Waals surface area contributed by atoms with Crippen molar-refractivity contribution in [3.8, 4) is 5.75 Å². The first-order valence-corrected chi connectivity index (χ1v) is 7.57. The van der Waals surface area contributed by atoms with E-state index in [2.05, 4.69) is 15.5 Å². The van der Waals surface area contributed by atoms with E-state index < -0.39 is 0 Å². The van der Waals surface area contributed by atoms with E-state index in [0.29, 0.717) is 13.1 Å². The third-order valence-corrected chi connectivity index (χ3v) is 4.46. The van der Waals surface area contributed by atoms with Crippen LogP contribution in [0.4, 0.5) is 0 Å². The fourth-order valence-electron chi connectivity index (χ4n) is 3.32. The van der Waals surface area contributed by atoms with Crippen LogP contribution >= 0.6 is 0 Å². The van der Waals surface area contributed by atoms with Crippen molar-refractivity contribution in [1.82, 2.24) is 15.5 Å². The number of carbonyl (C=O) groups is 1. The monoisotopic (exact) mass is 289 g/mol. The summed E-state index contributed by atoms with van der Waals surface area (Å²) in [6.07, 6.45) is 0. The van der Waals surface area contributed by atoms with E-state index in [4.69, 9.17) is 4.74 Å². The van der Waals surface area contributed by atoms with Crippen LogP contribution in [0.3, 0.4) is 0 Å². The van der Waals surface area contributed by atoms with Gasteiger partial charge in [0, 0.05) is 19.6 Å². The fourth-order valence-corrected chi connectivity index (χ4v) is 3.32. The lowest BCUT2D eigenvalue weighted by molar-refractivity contribution is -0.122. The average Bonchev–Trinajstić information content (AvgIpc) is 3.06. The van der Waals surface area contributed by atoms with Crippen LogP contribution in [0.5, 0.6) is 5.75 Å². The van der Waals surface area contributed by atoms with Gasteiger partial charge in [-0.15, -0.1) is 0 Å². The van der Waals surface area contributed by atoms with Crippen molar-refractivity contribution < 1.29 is 9.53 Å². The molecule has 0 bridgehead atoms. The number of nitrogens with zero attached hydrogens (tertiary/aromatic N) is 1. The van der Waals surface area contributed by atoms with Crippen LogP contribution < -0.4 is 15.4 Å². The Morgan fingerprint density at radius 1 is 1.38 bits per heavy atom. The maximum atomic E-state index is 12.0. The fraction of sp³-hybridized carbons (Fsp3) is 0.562. The summed E-state index contributed by atoms with van der Waals surface area (Å²) in [5.74, 6) is 2.39. The van der Waals surface area contributed by atoms with Crippen LogP contribution in [0.25, 0.3) is 0 Å². The molecule has 5 heteroatoms. The van der Waals surface area contributed by atoms with Crippen LogP contribution in [-0.2, 0) is 11.3 Å². The van der Waals surface area contributed by atoms with Crippen molar-refractivity contribution in [3.63, 3.8) is 0 Å². The predicted octanol–water partition coefficient (Wildman–Crippen LogP) is 0.463. The highest BCUT2D eigenvalue weighted by atomic mass is 16.5. The molecule has 2 aliphatic heterocycles. The van der Waals surface area contributed by atoms with Crippen molar-refractivity contribution in [2.45, 2.75) is 6.54 Å². The molecule has 2 unspecified atom stereocenters. The summed E-state index contributed by atoms with van der Waals surface area (Å²) in [5, 5.41) is 6.41. The molecule has 2 N–H and O–H groups in total. The molecule has 0 aliphatic carbocycles. The Labute approximate surface area is 125 Å². The zero-order valence-electron chi connectivity index (χ0n) is 12.5. The Hall–Kier alpha value is -1.59. The van der Waals surface area contributed by atoms with Crippen LogP contribution in [0.1, 0.15) is 5.56 Å². The second-order valence-electron chi connectivity index (χ2n) is 6.00. The summed E-state index contributed by atoms with van der Waals surface area (Å²) < 4.78 is 5.18. The smallest absolute Gasteiger partial charge is 0.234 e. The lowest BCUT2D eigenvalue weighted by atomic mass is 10.0. The van der Waals surface area contributed by atoms with E-state index in [9.17, 15) is 4.79 Å². The number of carbonyl (C=O) groups excluding carboxylic acids is 1. The second-order valence-corrected chi connectivity index (χ2v) is 6.00. The Balaban J connectivity index is 1.44. The van der Waals surface area contributed by atoms with Gasteiger partial charge in [-0.25, -0.2) is 0 Å². The highest BCUT2D eigenvalue weighted by Gasteiger charge is 2.36. The molecular formula is C16H23N3O2. The highest BCUT2D eigenvalue weighted by molar-refractivity contribution is 5.78. The predicted molar refractivity (Wildman–Crippen MR) is 81.1 cm³/mol. The number of rotatable bonds is 5. The molecule has 1 aromatic carbocycles. The first-order valence-electron chi connectivity index (χ1n) is 7.57. The normalized spacial score (nSPS) is 24.8. The maximum Gasteiger partial charge on any atom is 0.234 e. The summed E-state index contributed by atoms with van der Waals surface area (Å²) in [7, 11) is 1.65. The van der Waals surface area contributed by atoms with Gasteiger partial charge in [-0.2, -0.15) is 0 Å². The number of fused-ring (bicyclic) bond motifs is 1. The number of hydrogen-bond donors (Lipinski definition) is 2. The molecule has 2 atom stereocenters. The van der Waals surface area contributed by atoms with E-state index >= 15 is 0 Å². The average molecular weight is 289 g/mol. The van der Waals surface area contributed by atoms with E-state index in [-0.39, 0.29) is 5.91 Å². The molecule has 2 aliphatic rings. The van der Waals surface area contributed by atoms with Gasteiger partial charge < -0.3 is 15.4 Å². The van der Waals surface area contributed by atoms with E-state index in [1.807, 2.05) is 24.3 Å². The topological polar surface area (TPSA) is 53.6 Å². The minimum Gasteiger partial charge on any atom is -0.497 e. The molecular weight excluding hydrogens is 266 g/mol. The lowest BCUT2D eigenvalue weighted by Crippen LogP contribution is -2.37. The van der Waals surface area contributed by atoms with Crippen LogP contribution in [0.15, 0.2) is 24.3 Å². The number of nitrogens with one attached hydrogen (secondary N) is 2. The molecule has 21 heavy (non-hydrogen) atoms. The molecule has 1 aromatic rings. The van der Waals surface area contributed by atoms with Crippen LogP contribution in [-0.4, -0.2) is 50.6 Å². The molecule has 0 saturated carbocycles. The van der Waals surface area contributed by atoms with Gasteiger partial charge in [-0.05, 0) is 42.6 Å². The third-order valence-electron chi connectivity index (χ3n) is 4.46. The zero-order chi connectivity index (χ0) is 14.7. The van der Waals surface area contributed by atoms with Crippen molar-refractivity contribution in [3.05, 3.63) is 29.8 Å². The van der Waals surface area contributed by atoms with Crippen LogP contribution in [0, 0.1) is 11.8 Å². The molecule has 114 valence electrons. The number of methoxy groups -OCH3 is 1. The zero-order valence-corrected chi connectivity index (χ0v) is 12.5. The molecule has 5 nitrogen and oxygen atoms in total. The van der Waals surface area contributed by atoms with E-state index in [1.54, 1.807) is 7.11 Å². The number of likely N-dealkylation sites (tertiary alicyclic amines) is 1. The van der Waals surface area contributed by atoms with Crippen molar-refractivity contribution in [2.24, 2.45) is 11.8 Å². The summed E-state index contributed by atoms with van der Waals surface area (Å²) in [4.78, 5) is 14.3. The molecule has 2 fully saturated rings. The maximum absolute atomic E-state index is 12.0. The van der Waals surface area contributed by atoms with Crippen molar-refractivity contribution in [1.29, 1.82) is 0 Å². The summed E-state index contributed by atoms with van der Waals surface area (Å²) in [6, 6.07) is 7.79. The molecule has 3 rings (SSSR count). The minimum atomic E-state index is 0.103. The van der Waals surface area contributed by atoms with E-state index in [1.165, 1.54) is 0 Å². The van der Waals surface area contributed by atoms with Gasteiger partial charge in [-0.3, -0.25) is 9.69 Å². The first-order chi connectivity index (χ1) is 10.2. The molecule has 2 heterocycles. The minimum absolute atomic E-state index is 0.103. The lowest BCUT2D eigenvalue weighted by Gasteiger charge is -2.16. The van der Waals surface area contributed by atoms with Gasteiger partial charge in [-0.1, -0.05) is 12.1 Å². The van der Waals surface area contributed by atoms with E-state index in [0.717, 1.165) is 49.3 Å². The van der Waals surface area contributed by atoms with Crippen LogP contribution in [0.2, 0.25) is 0 Å².